The summed E-state index contributed by atoms with van der Waals surface area (Å²) in [5, 5.41) is 4.66. The third-order valence-electron chi connectivity index (χ3n) is 5.14. The highest BCUT2D eigenvalue weighted by Gasteiger charge is 2.30. The maximum Gasteiger partial charge on any atom is 0.0641 e. The van der Waals surface area contributed by atoms with E-state index in [1.165, 1.54) is 55.7 Å². The van der Waals surface area contributed by atoms with Crippen molar-refractivity contribution in [3.63, 3.8) is 0 Å². The summed E-state index contributed by atoms with van der Waals surface area (Å²) in [5.41, 5.74) is 4.08. The zero-order valence-corrected chi connectivity index (χ0v) is 12.7. The Kier molecular flexibility index (Phi) is 3.66. The summed E-state index contributed by atoms with van der Waals surface area (Å²) in [4.78, 5) is 2.69. The van der Waals surface area contributed by atoms with E-state index in [1.54, 1.807) is 0 Å². The lowest BCUT2D eigenvalue weighted by Gasteiger charge is -2.41. The van der Waals surface area contributed by atoms with Crippen molar-refractivity contribution in [1.82, 2.24) is 14.7 Å². The number of hydrogen-bond acceptors (Lipinski definition) is 2. The molecule has 2 heterocycles. The summed E-state index contributed by atoms with van der Waals surface area (Å²) in [6, 6.07) is 0. The van der Waals surface area contributed by atoms with Gasteiger partial charge in [-0.2, -0.15) is 5.10 Å². The van der Waals surface area contributed by atoms with E-state index in [0.29, 0.717) is 0 Å². The monoisotopic (exact) mass is 261 g/mol. The fraction of sp³-hybridized carbons (Fsp3) is 0.812. The van der Waals surface area contributed by atoms with Crippen molar-refractivity contribution in [3.8, 4) is 0 Å². The molecule has 19 heavy (non-hydrogen) atoms. The molecule has 2 atom stereocenters. The lowest BCUT2D eigenvalue weighted by atomic mass is 9.78. The number of aromatic nitrogens is 2. The van der Waals surface area contributed by atoms with Gasteiger partial charge in [0.05, 0.1) is 5.69 Å². The maximum atomic E-state index is 4.66. The molecule has 0 amide bonds. The highest BCUT2D eigenvalue weighted by Crippen LogP contribution is 2.35. The van der Waals surface area contributed by atoms with Crippen molar-refractivity contribution in [2.24, 2.45) is 11.8 Å². The van der Waals surface area contributed by atoms with E-state index in [4.69, 9.17) is 0 Å². The molecule has 3 nitrogen and oxygen atoms in total. The average Bonchev–Trinajstić information content (AvgIpc) is 2.66. The van der Waals surface area contributed by atoms with Gasteiger partial charge in [0.15, 0.2) is 0 Å². The highest BCUT2D eigenvalue weighted by atomic mass is 15.3. The van der Waals surface area contributed by atoms with Gasteiger partial charge in [-0.05, 0) is 51.9 Å². The lowest BCUT2D eigenvalue weighted by Crippen LogP contribution is -2.42. The molecule has 1 saturated heterocycles. The number of likely N-dealkylation sites (tertiary alicyclic amines) is 1. The van der Waals surface area contributed by atoms with Crippen LogP contribution < -0.4 is 0 Å². The first-order chi connectivity index (χ1) is 9.17. The molecule has 1 saturated carbocycles. The number of nitrogens with zero attached hydrogens (tertiary/aromatic N) is 3. The van der Waals surface area contributed by atoms with Gasteiger partial charge < -0.3 is 0 Å². The highest BCUT2D eigenvalue weighted by molar-refractivity contribution is 5.24. The zero-order valence-electron chi connectivity index (χ0n) is 12.7. The zero-order chi connectivity index (χ0) is 13.4. The molecule has 1 aliphatic heterocycles. The van der Waals surface area contributed by atoms with E-state index >= 15 is 0 Å². The molecule has 3 rings (SSSR count). The molecular weight excluding hydrogens is 234 g/mol. The van der Waals surface area contributed by atoms with Crippen molar-refractivity contribution in [3.05, 3.63) is 17.0 Å². The van der Waals surface area contributed by atoms with Gasteiger partial charge in [-0.25, -0.2) is 0 Å². The average molecular weight is 261 g/mol. The Morgan fingerprint density at radius 2 is 1.84 bits per heavy atom. The van der Waals surface area contributed by atoms with Crippen LogP contribution in [0.2, 0.25) is 0 Å². The molecule has 0 spiro atoms. The predicted molar refractivity (Wildman–Crippen MR) is 78.1 cm³/mol. The van der Waals surface area contributed by atoms with Crippen LogP contribution in [0.5, 0.6) is 0 Å². The molecule has 3 heteroatoms. The number of rotatable bonds is 3. The molecule has 2 bridgehead atoms. The van der Waals surface area contributed by atoms with E-state index in [2.05, 4.69) is 35.5 Å². The van der Waals surface area contributed by atoms with Crippen molar-refractivity contribution >= 4 is 0 Å². The summed E-state index contributed by atoms with van der Waals surface area (Å²) >= 11 is 0. The van der Waals surface area contributed by atoms with E-state index in [1.807, 2.05) is 0 Å². The van der Waals surface area contributed by atoms with E-state index in [0.717, 1.165) is 24.9 Å². The summed E-state index contributed by atoms with van der Waals surface area (Å²) in [5.74, 6) is 1.93. The second kappa shape index (κ2) is 5.28. The Balaban J connectivity index is 1.73. The van der Waals surface area contributed by atoms with E-state index < -0.39 is 0 Å². The topological polar surface area (TPSA) is 21.1 Å². The molecule has 1 aromatic rings. The minimum Gasteiger partial charge on any atom is -0.298 e. The molecule has 1 aromatic heterocycles. The van der Waals surface area contributed by atoms with Crippen LogP contribution in [0.1, 0.15) is 49.6 Å². The van der Waals surface area contributed by atoms with Gasteiger partial charge >= 0.3 is 0 Å². The van der Waals surface area contributed by atoms with E-state index in [-0.39, 0.29) is 0 Å². The van der Waals surface area contributed by atoms with Gasteiger partial charge in [-0.15, -0.1) is 0 Å². The Morgan fingerprint density at radius 1 is 1.16 bits per heavy atom. The van der Waals surface area contributed by atoms with Crippen molar-refractivity contribution in [2.75, 3.05) is 13.1 Å². The molecule has 2 fully saturated rings. The summed E-state index contributed by atoms with van der Waals surface area (Å²) in [6.07, 6.45) is 5.87. The Labute approximate surface area is 117 Å². The van der Waals surface area contributed by atoms with E-state index in [9.17, 15) is 0 Å². The van der Waals surface area contributed by atoms with Crippen molar-refractivity contribution in [1.29, 1.82) is 0 Å². The minimum absolute atomic E-state index is 0.967. The number of piperidine rings is 1. The van der Waals surface area contributed by atoms with Crippen LogP contribution in [-0.4, -0.2) is 27.8 Å². The second-order valence-corrected chi connectivity index (χ2v) is 6.56. The fourth-order valence-electron chi connectivity index (χ4n) is 4.16. The Bertz CT molecular complexity index is 437. The smallest absolute Gasteiger partial charge is 0.0641 e. The van der Waals surface area contributed by atoms with Crippen LogP contribution in [0.15, 0.2) is 0 Å². The van der Waals surface area contributed by atoms with Gasteiger partial charge in [0.2, 0.25) is 0 Å². The molecule has 106 valence electrons. The first-order valence-corrected chi connectivity index (χ1v) is 7.92. The molecule has 2 aliphatic rings. The fourth-order valence-corrected chi connectivity index (χ4v) is 4.16. The Hall–Kier alpha value is -0.830. The first kappa shape index (κ1) is 13.2. The molecule has 2 unspecified atom stereocenters. The number of aryl methyl sites for hydroxylation is 2. The number of fused-ring (bicyclic) bond motifs is 2. The van der Waals surface area contributed by atoms with Crippen LogP contribution in [0.4, 0.5) is 0 Å². The third-order valence-corrected chi connectivity index (χ3v) is 5.14. The molecule has 0 N–H and O–H groups in total. The summed E-state index contributed by atoms with van der Waals surface area (Å²) in [6.45, 7) is 11.3. The van der Waals surface area contributed by atoms with Crippen LogP contribution in [0.3, 0.4) is 0 Å². The number of hydrogen-bond donors (Lipinski definition) is 0. The van der Waals surface area contributed by atoms with Crippen LogP contribution in [0.25, 0.3) is 0 Å². The normalized spacial score (nSPS) is 27.7. The maximum absolute atomic E-state index is 4.66. The van der Waals surface area contributed by atoms with Crippen LogP contribution >= 0.6 is 0 Å². The van der Waals surface area contributed by atoms with Gasteiger partial charge in [0.1, 0.15) is 0 Å². The first-order valence-electron chi connectivity index (χ1n) is 7.92. The molecule has 1 aliphatic carbocycles. The molecule has 0 radical (unpaired) electrons. The quantitative estimate of drug-likeness (QED) is 0.833. The van der Waals surface area contributed by atoms with Crippen molar-refractivity contribution in [2.45, 2.75) is 59.5 Å². The summed E-state index contributed by atoms with van der Waals surface area (Å²) < 4.78 is 2.15. The van der Waals surface area contributed by atoms with Gasteiger partial charge in [0.25, 0.3) is 0 Å². The second-order valence-electron chi connectivity index (χ2n) is 6.56. The molecule has 0 aromatic carbocycles. The predicted octanol–water partition coefficient (Wildman–Crippen LogP) is 3.14. The van der Waals surface area contributed by atoms with Crippen molar-refractivity contribution < 1.29 is 0 Å². The third kappa shape index (κ3) is 2.58. The summed E-state index contributed by atoms with van der Waals surface area (Å²) in [7, 11) is 0. The van der Waals surface area contributed by atoms with Gasteiger partial charge in [-0.3, -0.25) is 9.58 Å². The lowest BCUT2D eigenvalue weighted by molar-refractivity contribution is 0.0805. The Morgan fingerprint density at radius 3 is 2.42 bits per heavy atom. The van der Waals surface area contributed by atoms with Crippen LogP contribution in [-0.2, 0) is 13.1 Å². The minimum atomic E-state index is 0.967. The molecular formula is C16H27N3. The van der Waals surface area contributed by atoms with Crippen LogP contribution in [0, 0.1) is 25.7 Å². The standard InChI is InChI=1S/C16H27N3/c1-4-19-13(3)16(12(2)17-19)11-18-9-14-6-5-7-15(8-14)10-18/h14-15H,4-11H2,1-3H3. The largest absolute Gasteiger partial charge is 0.298 e. The SMILES string of the molecule is CCn1nc(C)c(CN2CC3CCCC(C3)C2)c1C. The van der Waals surface area contributed by atoms with Gasteiger partial charge in [0, 0.05) is 37.4 Å². The van der Waals surface area contributed by atoms with Gasteiger partial charge in [-0.1, -0.05) is 6.42 Å².